The molecule has 6 aromatic rings. The molecule has 0 radical (unpaired) electrons. The topological polar surface area (TPSA) is 73.2 Å². The Bertz CT molecular complexity index is 2150. The quantitative estimate of drug-likeness (QED) is 0.0860. The summed E-state index contributed by atoms with van der Waals surface area (Å²) in [4.78, 5) is 0. The van der Waals surface area contributed by atoms with E-state index in [1.807, 2.05) is 152 Å². The van der Waals surface area contributed by atoms with E-state index in [-0.39, 0.29) is 31.5 Å². The zero-order valence-electron chi connectivity index (χ0n) is 33.7. The van der Waals surface area contributed by atoms with Crippen LogP contribution in [0.2, 0.25) is 0 Å². The van der Waals surface area contributed by atoms with Gasteiger partial charge in [0.25, 0.3) is 0 Å². The molecule has 0 spiro atoms. The molecule has 0 amide bonds. The summed E-state index contributed by atoms with van der Waals surface area (Å²) in [5, 5.41) is 4.97. The number of benzene rings is 5. The van der Waals surface area contributed by atoms with E-state index in [1.54, 1.807) is 6.07 Å². The molecule has 58 heavy (non-hydrogen) atoms. The van der Waals surface area contributed by atoms with Gasteiger partial charge in [-0.1, -0.05) is 133 Å². The van der Waals surface area contributed by atoms with Crippen LogP contribution in [0.4, 0.5) is 4.39 Å². The van der Waals surface area contributed by atoms with Crippen molar-refractivity contribution in [2.75, 3.05) is 6.61 Å². The van der Waals surface area contributed by atoms with E-state index in [0.29, 0.717) is 31.3 Å². The first-order chi connectivity index (χ1) is 28.3. The smallest absolute Gasteiger partial charge is 0.239 e. The Morgan fingerprint density at radius 2 is 1.14 bits per heavy atom. The largest absolute Gasteiger partial charge is 0.443 e. The summed E-state index contributed by atoms with van der Waals surface area (Å²) >= 11 is 0. The molecule has 0 bridgehead atoms. The lowest BCUT2D eigenvalue weighted by Gasteiger charge is -2.45. The molecule has 9 heteroatoms. The van der Waals surface area contributed by atoms with Crippen molar-refractivity contribution in [3.05, 3.63) is 190 Å². The lowest BCUT2D eigenvalue weighted by atomic mass is 9.97. The zero-order chi connectivity index (χ0) is 40.3. The van der Waals surface area contributed by atoms with Crippen molar-refractivity contribution in [1.29, 1.82) is 0 Å². The average Bonchev–Trinajstić information content (AvgIpc) is 3.55. The van der Waals surface area contributed by atoms with Crippen LogP contribution >= 0.6 is 0 Å². The molecule has 0 unspecified atom stereocenters. The second-order valence-corrected chi connectivity index (χ2v) is 15.1. The van der Waals surface area contributed by atoms with Crippen LogP contribution in [0.1, 0.15) is 64.5 Å². The molecule has 2 heterocycles. The summed E-state index contributed by atoms with van der Waals surface area (Å²) in [5.41, 5.74) is 7.08. The molecular weight excluding hydrogens is 732 g/mol. The van der Waals surface area contributed by atoms with Crippen LogP contribution in [-0.2, 0) is 56.5 Å². The molecule has 0 N–H and O–H groups in total. The lowest BCUT2D eigenvalue weighted by Crippen LogP contribution is -2.62. The summed E-state index contributed by atoms with van der Waals surface area (Å²) in [5.74, 6) is 0.0722. The van der Waals surface area contributed by atoms with E-state index in [4.69, 9.17) is 33.5 Å². The number of hydrogen-bond acceptors (Lipinski definition) is 7. The first-order valence-electron chi connectivity index (χ1n) is 20.1. The van der Waals surface area contributed by atoms with Crippen LogP contribution in [0.15, 0.2) is 140 Å². The van der Waals surface area contributed by atoms with E-state index in [9.17, 15) is 0 Å². The number of ether oxygens (including phenoxy) is 6. The second kappa shape index (κ2) is 20.0. The summed E-state index contributed by atoms with van der Waals surface area (Å²) in [6, 6.07) is 45.4. The van der Waals surface area contributed by atoms with Crippen molar-refractivity contribution in [2.24, 2.45) is 0 Å². The van der Waals surface area contributed by atoms with Crippen LogP contribution < -0.4 is 4.74 Å². The maximum Gasteiger partial charge on any atom is 0.239 e. The van der Waals surface area contributed by atoms with Gasteiger partial charge in [0.2, 0.25) is 12.2 Å². The summed E-state index contributed by atoms with van der Waals surface area (Å²) in [6.07, 6.45) is -3.46. The fourth-order valence-electron chi connectivity index (χ4n) is 7.27. The first kappa shape index (κ1) is 41.0. The van der Waals surface area contributed by atoms with E-state index in [2.05, 4.69) is 13.8 Å². The number of hydrogen-bond donors (Lipinski definition) is 0. The summed E-state index contributed by atoms with van der Waals surface area (Å²) < 4.78 is 58.2. The second-order valence-electron chi connectivity index (χ2n) is 15.1. The van der Waals surface area contributed by atoms with Crippen LogP contribution in [0, 0.1) is 19.7 Å². The van der Waals surface area contributed by atoms with Gasteiger partial charge < -0.3 is 28.4 Å². The number of aromatic nitrogens is 2. The molecule has 0 saturated carbocycles. The highest BCUT2D eigenvalue weighted by Gasteiger charge is 2.50. The third-order valence-electron chi connectivity index (χ3n) is 10.4. The Hall–Kier alpha value is -5.16. The molecule has 1 aliphatic heterocycles. The molecule has 1 fully saturated rings. The average molecular weight is 785 g/mol. The van der Waals surface area contributed by atoms with Gasteiger partial charge in [-0.05, 0) is 67.1 Å². The van der Waals surface area contributed by atoms with Crippen molar-refractivity contribution in [2.45, 2.75) is 97.3 Å². The van der Waals surface area contributed by atoms with E-state index in [0.717, 1.165) is 39.1 Å². The van der Waals surface area contributed by atoms with Crippen LogP contribution in [0.5, 0.6) is 5.88 Å². The Morgan fingerprint density at radius 3 is 1.66 bits per heavy atom. The highest BCUT2D eigenvalue weighted by Crippen LogP contribution is 2.35. The van der Waals surface area contributed by atoms with E-state index < -0.39 is 30.7 Å². The minimum atomic E-state index is -1.01. The van der Waals surface area contributed by atoms with Gasteiger partial charge in [-0.25, -0.2) is 4.39 Å². The van der Waals surface area contributed by atoms with Crippen molar-refractivity contribution < 1.29 is 32.8 Å². The molecule has 8 nitrogen and oxygen atoms in total. The maximum atomic E-state index is 15.4. The molecule has 302 valence electrons. The van der Waals surface area contributed by atoms with Gasteiger partial charge in [-0.15, -0.1) is 5.10 Å². The Kier molecular flexibility index (Phi) is 14.1. The maximum absolute atomic E-state index is 15.4. The molecule has 5 atom stereocenters. The van der Waals surface area contributed by atoms with Gasteiger partial charge in [0, 0.05) is 23.7 Å². The van der Waals surface area contributed by atoms with Crippen molar-refractivity contribution >= 4 is 0 Å². The normalized spacial score (nSPS) is 19.4. The molecule has 0 aliphatic carbocycles. The van der Waals surface area contributed by atoms with E-state index in [1.165, 1.54) is 0 Å². The Morgan fingerprint density at radius 1 is 0.638 bits per heavy atom. The predicted molar refractivity (Wildman–Crippen MR) is 222 cm³/mol. The molecule has 1 aromatic heterocycles. The number of halogens is 1. The standard InChI is InChI=1S/C49H53FN2O6/c1-34(2)52-36(4)42(28-41-26-25-35(3)27-43(41)50)48(51-52)58-49-47(56-32-40-23-15-8-16-24-40)46(55-31-39-21-13-7-14-22-39)45(54-30-38-19-11-6-12-20-38)44(57-49)33-53-29-37-17-9-5-10-18-37/h5-27,34,44-47,49H,28-33H2,1-4H3/t44-,45-,46+,47-,49+/m1/s1. The highest BCUT2D eigenvalue weighted by atomic mass is 19.1. The molecular formula is C49H53FN2O6. The predicted octanol–water partition coefficient (Wildman–Crippen LogP) is 9.89. The molecule has 1 aliphatic rings. The number of aryl methyl sites for hydroxylation is 1. The lowest BCUT2D eigenvalue weighted by molar-refractivity contribution is -0.310. The van der Waals surface area contributed by atoms with Crippen LogP contribution in [0.3, 0.4) is 0 Å². The fraction of sp³-hybridized carbons (Fsp3) is 0.327. The van der Waals surface area contributed by atoms with Crippen LogP contribution in [0.25, 0.3) is 0 Å². The van der Waals surface area contributed by atoms with Gasteiger partial charge in [0.05, 0.1) is 33.0 Å². The molecule has 5 aromatic carbocycles. The van der Waals surface area contributed by atoms with Crippen molar-refractivity contribution in [1.82, 2.24) is 9.78 Å². The van der Waals surface area contributed by atoms with Crippen molar-refractivity contribution in [3.63, 3.8) is 0 Å². The van der Waals surface area contributed by atoms with Gasteiger partial charge in [-0.3, -0.25) is 4.68 Å². The minimum absolute atomic E-state index is 0.0215. The Labute approximate surface area is 341 Å². The van der Waals surface area contributed by atoms with Gasteiger partial charge in [-0.2, -0.15) is 0 Å². The monoisotopic (exact) mass is 784 g/mol. The molecule has 7 rings (SSSR count). The zero-order valence-corrected chi connectivity index (χ0v) is 33.7. The summed E-state index contributed by atoms with van der Waals surface area (Å²) in [7, 11) is 0. The van der Waals surface area contributed by atoms with Gasteiger partial charge in [0.1, 0.15) is 30.2 Å². The number of nitrogens with zero attached hydrogens (tertiary/aromatic N) is 2. The van der Waals surface area contributed by atoms with Crippen molar-refractivity contribution in [3.8, 4) is 5.88 Å². The van der Waals surface area contributed by atoms with Crippen LogP contribution in [-0.4, -0.2) is 47.1 Å². The third-order valence-corrected chi connectivity index (χ3v) is 10.4. The fourth-order valence-corrected chi connectivity index (χ4v) is 7.27. The van der Waals surface area contributed by atoms with Gasteiger partial charge >= 0.3 is 0 Å². The SMILES string of the molecule is Cc1ccc(Cc2c(O[C@@H]3O[C@H](COCc4ccccc4)[C@@H](OCc4ccccc4)[C@H](OCc4ccccc4)[C@H]3OCc3ccccc3)nn(C(C)C)c2C)c(F)c1. The highest BCUT2D eigenvalue weighted by molar-refractivity contribution is 5.38. The minimum Gasteiger partial charge on any atom is -0.443 e. The van der Waals surface area contributed by atoms with E-state index >= 15 is 4.39 Å². The summed E-state index contributed by atoms with van der Waals surface area (Å²) in [6.45, 7) is 9.44. The van der Waals surface area contributed by atoms with Gasteiger partial charge in [0.15, 0.2) is 0 Å². The Balaban J connectivity index is 1.27. The first-order valence-corrected chi connectivity index (χ1v) is 20.1. The number of rotatable bonds is 18. The third kappa shape index (κ3) is 10.7. The molecule has 1 saturated heterocycles.